The van der Waals surface area contributed by atoms with Gasteiger partial charge >= 0.3 is 5.97 Å². The van der Waals surface area contributed by atoms with E-state index in [0.717, 1.165) is 10.6 Å². The first-order valence-corrected chi connectivity index (χ1v) is 7.84. The van der Waals surface area contributed by atoms with E-state index in [1.54, 1.807) is 16.7 Å². The molecule has 0 radical (unpaired) electrons. The minimum absolute atomic E-state index is 0.0515. The van der Waals surface area contributed by atoms with Gasteiger partial charge in [0.05, 0.1) is 20.3 Å². The smallest absolute Gasteiger partial charge is 0.336 e. The number of morpholine rings is 1. The Kier molecular flexibility index (Phi) is 6.07. The van der Waals surface area contributed by atoms with Gasteiger partial charge in [-0.05, 0) is 12.1 Å². The van der Waals surface area contributed by atoms with Gasteiger partial charge in [0, 0.05) is 23.6 Å². The number of hydrogen-bond donors (Lipinski definition) is 0. The molecule has 2 rings (SSSR count). The third kappa shape index (κ3) is 4.75. The molecular weight excluding hydrogens is 290 g/mol. The Balaban J connectivity index is 1.76. The second-order valence-corrected chi connectivity index (χ2v) is 5.80. The summed E-state index contributed by atoms with van der Waals surface area (Å²) in [5.41, 5.74) is 0. The van der Waals surface area contributed by atoms with Gasteiger partial charge in [-0.15, -0.1) is 11.8 Å². The van der Waals surface area contributed by atoms with E-state index in [0.29, 0.717) is 19.6 Å². The lowest BCUT2D eigenvalue weighted by molar-refractivity contribution is -0.162. The summed E-state index contributed by atoms with van der Waals surface area (Å²) in [5.74, 6) is 0.352. The molecule has 0 saturated carbocycles. The number of carbonyl (C=O) groups excluding carboxylic acids is 2. The largest absolute Gasteiger partial charge is 0.467 e. The molecule has 1 saturated heterocycles. The van der Waals surface area contributed by atoms with E-state index in [2.05, 4.69) is 4.74 Å². The summed E-state index contributed by atoms with van der Waals surface area (Å²) in [7, 11) is 1.32. The molecule has 1 aromatic rings. The molecule has 0 spiro atoms. The molecule has 114 valence electrons. The molecule has 1 aliphatic heterocycles. The number of ether oxygens (including phenoxy) is 2. The number of methoxy groups -OCH3 is 1. The summed E-state index contributed by atoms with van der Waals surface area (Å²) in [4.78, 5) is 26.4. The van der Waals surface area contributed by atoms with E-state index in [-0.39, 0.29) is 12.5 Å². The van der Waals surface area contributed by atoms with Crippen LogP contribution in [0.5, 0.6) is 0 Å². The Morgan fingerprint density at radius 2 is 2.14 bits per heavy atom. The van der Waals surface area contributed by atoms with Crippen molar-refractivity contribution in [2.45, 2.75) is 17.4 Å². The number of carbonyl (C=O) groups is 2. The highest BCUT2D eigenvalue weighted by Gasteiger charge is 2.29. The van der Waals surface area contributed by atoms with Gasteiger partial charge in [-0.3, -0.25) is 4.79 Å². The van der Waals surface area contributed by atoms with Crippen LogP contribution in [-0.2, 0) is 19.1 Å². The average Bonchev–Trinajstić information content (AvgIpc) is 2.55. The number of nitrogens with zero attached hydrogens (tertiary/aromatic N) is 1. The highest BCUT2D eigenvalue weighted by molar-refractivity contribution is 7.99. The molecule has 0 N–H and O–H groups in total. The Labute approximate surface area is 128 Å². The molecule has 5 nitrogen and oxygen atoms in total. The van der Waals surface area contributed by atoms with E-state index in [1.165, 1.54) is 7.11 Å². The summed E-state index contributed by atoms with van der Waals surface area (Å²) >= 11 is 1.65. The second kappa shape index (κ2) is 8.05. The first kappa shape index (κ1) is 15.9. The highest BCUT2D eigenvalue weighted by Crippen LogP contribution is 2.18. The number of rotatable bonds is 5. The molecule has 1 amide bonds. The topological polar surface area (TPSA) is 55.8 Å². The van der Waals surface area contributed by atoms with Crippen LogP contribution in [-0.4, -0.2) is 55.4 Å². The molecule has 21 heavy (non-hydrogen) atoms. The number of thioether (sulfide) groups is 1. The highest BCUT2D eigenvalue weighted by atomic mass is 32.2. The first-order chi connectivity index (χ1) is 10.2. The number of benzene rings is 1. The van der Waals surface area contributed by atoms with Gasteiger partial charge in [-0.2, -0.15) is 0 Å². The molecule has 1 unspecified atom stereocenters. The van der Waals surface area contributed by atoms with Gasteiger partial charge < -0.3 is 14.4 Å². The normalized spacial score (nSPS) is 18.3. The maximum Gasteiger partial charge on any atom is 0.336 e. The molecule has 1 fully saturated rings. The van der Waals surface area contributed by atoms with Crippen LogP contribution in [0, 0.1) is 0 Å². The van der Waals surface area contributed by atoms with Crippen molar-refractivity contribution in [1.82, 2.24) is 4.90 Å². The molecule has 6 heteroatoms. The molecule has 0 bridgehead atoms. The molecule has 1 aromatic carbocycles. The summed E-state index contributed by atoms with van der Waals surface area (Å²) in [5, 5.41) is 0. The van der Waals surface area contributed by atoms with Crippen LogP contribution < -0.4 is 0 Å². The zero-order chi connectivity index (χ0) is 15.1. The lowest BCUT2D eigenvalue weighted by Crippen LogP contribution is -2.49. The van der Waals surface area contributed by atoms with Crippen LogP contribution in [0.1, 0.15) is 6.42 Å². The predicted octanol–water partition coefficient (Wildman–Crippen LogP) is 1.57. The van der Waals surface area contributed by atoms with E-state index in [1.807, 2.05) is 30.3 Å². The van der Waals surface area contributed by atoms with Crippen LogP contribution in [0.2, 0.25) is 0 Å². The fourth-order valence-electron chi connectivity index (χ4n) is 2.08. The van der Waals surface area contributed by atoms with E-state index >= 15 is 0 Å². The Hall–Kier alpha value is -1.53. The van der Waals surface area contributed by atoms with E-state index in [9.17, 15) is 9.59 Å². The predicted molar refractivity (Wildman–Crippen MR) is 80.1 cm³/mol. The number of amides is 1. The van der Waals surface area contributed by atoms with Crippen molar-refractivity contribution in [2.75, 3.05) is 32.6 Å². The van der Waals surface area contributed by atoms with Gasteiger partial charge in [0.15, 0.2) is 6.10 Å². The minimum atomic E-state index is -0.658. The number of esters is 1. The quantitative estimate of drug-likeness (QED) is 0.610. The zero-order valence-corrected chi connectivity index (χ0v) is 12.8. The van der Waals surface area contributed by atoms with Gasteiger partial charge in [0.25, 0.3) is 0 Å². The van der Waals surface area contributed by atoms with Crippen molar-refractivity contribution >= 4 is 23.6 Å². The minimum Gasteiger partial charge on any atom is -0.467 e. The summed E-state index contributed by atoms with van der Waals surface area (Å²) in [6.07, 6.45) is -0.206. The molecule has 0 aliphatic carbocycles. The third-order valence-electron chi connectivity index (χ3n) is 3.21. The van der Waals surface area contributed by atoms with Crippen molar-refractivity contribution in [3.8, 4) is 0 Å². The van der Waals surface area contributed by atoms with Gasteiger partial charge in [-0.1, -0.05) is 18.2 Å². The Bertz CT molecular complexity index is 480. The Morgan fingerprint density at radius 1 is 1.38 bits per heavy atom. The Morgan fingerprint density at radius 3 is 2.86 bits per heavy atom. The molecule has 0 aromatic heterocycles. The number of hydrogen-bond acceptors (Lipinski definition) is 5. The van der Waals surface area contributed by atoms with Crippen molar-refractivity contribution in [2.24, 2.45) is 0 Å². The molecular formula is C15H19NO4S. The molecule has 1 aliphatic rings. The fraction of sp³-hybridized carbons (Fsp3) is 0.467. The standard InChI is InChI=1S/C15H19NO4S/c1-19-15(18)13-11-16(8-9-20-13)14(17)7-10-21-12-5-3-2-4-6-12/h2-6,13H,7-11H2,1H3. The van der Waals surface area contributed by atoms with Crippen molar-refractivity contribution in [3.63, 3.8) is 0 Å². The summed E-state index contributed by atoms with van der Waals surface area (Å²) in [6.45, 7) is 1.18. The summed E-state index contributed by atoms with van der Waals surface area (Å²) in [6, 6.07) is 9.98. The van der Waals surface area contributed by atoms with Crippen molar-refractivity contribution < 1.29 is 19.1 Å². The zero-order valence-electron chi connectivity index (χ0n) is 12.0. The maximum absolute atomic E-state index is 12.1. The van der Waals surface area contributed by atoms with E-state index in [4.69, 9.17) is 4.74 Å². The van der Waals surface area contributed by atoms with Gasteiger partial charge in [0.2, 0.25) is 5.91 Å². The maximum atomic E-state index is 12.1. The fourth-order valence-corrected chi connectivity index (χ4v) is 2.94. The van der Waals surface area contributed by atoms with E-state index < -0.39 is 12.1 Å². The van der Waals surface area contributed by atoms with Crippen molar-refractivity contribution in [3.05, 3.63) is 30.3 Å². The average molecular weight is 309 g/mol. The van der Waals surface area contributed by atoms with Gasteiger partial charge in [0.1, 0.15) is 0 Å². The lowest BCUT2D eigenvalue weighted by atomic mass is 10.2. The molecule has 1 heterocycles. The first-order valence-electron chi connectivity index (χ1n) is 6.86. The molecule has 1 atom stereocenters. The van der Waals surface area contributed by atoms with Crippen LogP contribution in [0.4, 0.5) is 0 Å². The monoisotopic (exact) mass is 309 g/mol. The van der Waals surface area contributed by atoms with Crippen molar-refractivity contribution in [1.29, 1.82) is 0 Å². The lowest BCUT2D eigenvalue weighted by Gasteiger charge is -2.31. The second-order valence-electron chi connectivity index (χ2n) is 4.63. The van der Waals surface area contributed by atoms with Crippen LogP contribution in [0.3, 0.4) is 0 Å². The van der Waals surface area contributed by atoms with Crippen LogP contribution in [0.15, 0.2) is 35.2 Å². The van der Waals surface area contributed by atoms with Crippen LogP contribution in [0.25, 0.3) is 0 Å². The third-order valence-corrected chi connectivity index (χ3v) is 4.22. The van der Waals surface area contributed by atoms with Crippen LogP contribution >= 0.6 is 11.8 Å². The SMILES string of the molecule is COC(=O)C1CN(C(=O)CCSc2ccccc2)CCO1. The summed E-state index contributed by atoms with van der Waals surface area (Å²) < 4.78 is 9.96. The van der Waals surface area contributed by atoms with Gasteiger partial charge in [-0.25, -0.2) is 4.79 Å².